The highest BCUT2D eigenvalue weighted by molar-refractivity contribution is 5.81. The molecular formula is C32H32N4O2. The van der Waals surface area contributed by atoms with E-state index in [0.29, 0.717) is 30.7 Å². The zero-order valence-electron chi connectivity index (χ0n) is 21.9. The molecule has 2 aromatic carbocycles. The number of rotatable bonds is 10. The van der Waals surface area contributed by atoms with Crippen LogP contribution in [0.2, 0.25) is 0 Å². The molecule has 3 heterocycles. The molecule has 0 radical (unpaired) electrons. The van der Waals surface area contributed by atoms with Crippen LogP contribution in [-0.2, 0) is 30.6 Å². The normalized spacial score (nSPS) is 11.2. The largest absolute Gasteiger partial charge is 0.358 e. The third-order valence-corrected chi connectivity index (χ3v) is 7.00. The van der Waals surface area contributed by atoms with Gasteiger partial charge in [-0.25, -0.2) is 0 Å². The van der Waals surface area contributed by atoms with Crippen LogP contribution in [0.3, 0.4) is 0 Å². The number of aryl methyl sites for hydroxylation is 5. The third kappa shape index (κ3) is 5.80. The first-order valence-electron chi connectivity index (χ1n) is 13.1. The molecule has 0 unspecified atom stereocenters. The second kappa shape index (κ2) is 11.4. The summed E-state index contributed by atoms with van der Waals surface area (Å²) in [5, 5.41) is 1.03. The molecule has 0 aliphatic carbocycles. The molecule has 192 valence electrons. The number of aromatic amines is 1. The summed E-state index contributed by atoms with van der Waals surface area (Å²) < 4.78 is 1.63. The zero-order valence-corrected chi connectivity index (χ0v) is 21.9. The maximum atomic E-state index is 13.7. The van der Waals surface area contributed by atoms with Gasteiger partial charge in [0, 0.05) is 41.0 Å². The van der Waals surface area contributed by atoms with E-state index in [1.54, 1.807) is 17.0 Å². The Balaban J connectivity index is 1.38. The highest BCUT2D eigenvalue weighted by Gasteiger charge is 2.17. The molecule has 0 aliphatic rings. The maximum Gasteiger partial charge on any atom is 0.273 e. The lowest BCUT2D eigenvalue weighted by Gasteiger charge is -2.16. The molecular weight excluding hydrogens is 472 g/mol. The quantitative estimate of drug-likeness (QED) is 0.261. The first kappa shape index (κ1) is 25.3. The molecule has 0 bridgehead atoms. The number of pyridine rings is 1. The number of Topliss-reactive ketones (excluding diaryl/α,β-unsaturated/α-hetero) is 1. The minimum absolute atomic E-state index is 0.0110. The predicted molar refractivity (Wildman–Crippen MR) is 151 cm³/mol. The molecule has 0 spiro atoms. The summed E-state index contributed by atoms with van der Waals surface area (Å²) in [6, 6.07) is 20.3. The molecule has 6 nitrogen and oxygen atoms in total. The topological polar surface area (TPSA) is 80.6 Å². The first-order chi connectivity index (χ1) is 18.5. The fraction of sp³-hybridized carbons (Fsp3) is 0.250. The van der Waals surface area contributed by atoms with E-state index in [4.69, 9.17) is 0 Å². The van der Waals surface area contributed by atoms with Crippen molar-refractivity contribution in [3.8, 4) is 11.3 Å². The summed E-state index contributed by atoms with van der Waals surface area (Å²) in [5.74, 6) is 0.0110. The first-order valence-corrected chi connectivity index (χ1v) is 13.1. The van der Waals surface area contributed by atoms with Gasteiger partial charge in [-0.3, -0.25) is 24.1 Å². The summed E-state index contributed by atoms with van der Waals surface area (Å²) in [6.07, 6.45) is 8.50. The second-order valence-electron chi connectivity index (χ2n) is 9.94. The lowest BCUT2D eigenvalue weighted by molar-refractivity contribution is -0.119. The van der Waals surface area contributed by atoms with Gasteiger partial charge in [0.25, 0.3) is 5.56 Å². The van der Waals surface area contributed by atoms with Crippen molar-refractivity contribution >= 4 is 16.7 Å². The van der Waals surface area contributed by atoms with Crippen LogP contribution in [0.15, 0.2) is 84.0 Å². The molecule has 0 atom stereocenters. The average Bonchev–Trinajstić information content (AvgIpc) is 3.35. The highest BCUT2D eigenvalue weighted by atomic mass is 16.1. The molecule has 0 saturated carbocycles. The number of hydrogen-bond donors (Lipinski definition) is 1. The van der Waals surface area contributed by atoms with Gasteiger partial charge in [-0.05, 0) is 68.9 Å². The van der Waals surface area contributed by atoms with E-state index < -0.39 is 0 Å². The number of carbonyl (C=O) groups is 1. The number of nitrogens with zero attached hydrogens (tertiary/aromatic N) is 3. The van der Waals surface area contributed by atoms with Gasteiger partial charge in [-0.2, -0.15) is 0 Å². The number of aromatic nitrogens is 4. The molecule has 38 heavy (non-hydrogen) atoms. The van der Waals surface area contributed by atoms with Crippen LogP contribution in [0.5, 0.6) is 0 Å². The van der Waals surface area contributed by atoms with Crippen molar-refractivity contribution in [2.24, 2.45) is 0 Å². The Bertz CT molecular complexity index is 1600. The Morgan fingerprint density at radius 3 is 2.61 bits per heavy atom. The van der Waals surface area contributed by atoms with E-state index >= 15 is 0 Å². The predicted octanol–water partition coefficient (Wildman–Crippen LogP) is 5.78. The van der Waals surface area contributed by atoms with Crippen molar-refractivity contribution < 1.29 is 4.79 Å². The minimum atomic E-state index is -0.179. The number of nitrogens with one attached hydrogen (secondary N) is 1. The standard InChI is InChI=1S/C32H32N4O2/c1-22-11-12-23(2)28(17-22)31-20-34-30(10-6-9-24-7-4-3-5-8-24)32(38)36(31)21-27(37)14-13-26-18-25-19-33-16-15-29(25)35-26/h3-5,7-8,11-12,15-20,35H,6,9-10,13-14,21H2,1-2H3. The van der Waals surface area contributed by atoms with Gasteiger partial charge in [-0.15, -0.1) is 0 Å². The van der Waals surface area contributed by atoms with Crippen molar-refractivity contribution in [2.45, 2.75) is 52.5 Å². The summed E-state index contributed by atoms with van der Waals surface area (Å²) in [4.78, 5) is 38.9. The van der Waals surface area contributed by atoms with Crippen LogP contribution in [0.4, 0.5) is 0 Å². The van der Waals surface area contributed by atoms with Gasteiger partial charge in [0.05, 0.1) is 18.4 Å². The molecule has 0 saturated heterocycles. The maximum absolute atomic E-state index is 13.7. The number of H-pyrrole nitrogens is 1. The van der Waals surface area contributed by atoms with Crippen LogP contribution < -0.4 is 5.56 Å². The molecule has 5 rings (SSSR count). The Kier molecular flexibility index (Phi) is 7.59. The third-order valence-electron chi connectivity index (χ3n) is 7.00. The zero-order chi connectivity index (χ0) is 26.5. The van der Waals surface area contributed by atoms with Gasteiger partial charge in [0.2, 0.25) is 0 Å². The van der Waals surface area contributed by atoms with E-state index in [1.165, 1.54) is 5.56 Å². The van der Waals surface area contributed by atoms with Crippen LogP contribution >= 0.6 is 0 Å². The molecule has 0 aliphatic heterocycles. The minimum Gasteiger partial charge on any atom is -0.358 e. The Hall–Kier alpha value is -4.32. The van der Waals surface area contributed by atoms with Gasteiger partial charge < -0.3 is 4.98 Å². The summed E-state index contributed by atoms with van der Waals surface area (Å²) in [7, 11) is 0. The summed E-state index contributed by atoms with van der Waals surface area (Å²) >= 11 is 0. The molecule has 1 N–H and O–H groups in total. The van der Waals surface area contributed by atoms with Gasteiger partial charge >= 0.3 is 0 Å². The van der Waals surface area contributed by atoms with E-state index in [0.717, 1.165) is 46.1 Å². The fourth-order valence-corrected chi connectivity index (χ4v) is 4.89. The number of fused-ring (bicyclic) bond motifs is 1. The molecule has 3 aromatic heterocycles. The van der Waals surface area contributed by atoms with E-state index in [-0.39, 0.29) is 17.9 Å². The number of hydrogen-bond acceptors (Lipinski definition) is 4. The Labute approximate surface area is 222 Å². The van der Waals surface area contributed by atoms with Crippen molar-refractivity contribution in [1.29, 1.82) is 0 Å². The highest BCUT2D eigenvalue weighted by Crippen LogP contribution is 2.24. The Morgan fingerprint density at radius 2 is 1.79 bits per heavy atom. The lowest BCUT2D eigenvalue weighted by atomic mass is 10.0. The van der Waals surface area contributed by atoms with Crippen LogP contribution in [0, 0.1) is 13.8 Å². The lowest BCUT2D eigenvalue weighted by Crippen LogP contribution is -2.30. The number of carbonyl (C=O) groups excluding carboxylic acids is 1. The Morgan fingerprint density at radius 1 is 0.947 bits per heavy atom. The smallest absolute Gasteiger partial charge is 0.273 e. The van der Waals surface area contributed by atoms with Crippen LogP contribution in [0.1, 0.15) is 40.9 Å². The van der Waals surface area contributed by atoms with Gasteiger partial charge in [0.15, 0.2) is 5.78 Å². The van der Waals surface area contributed by atoms with Crippen LogP contribution in [0.25, 0.3) is 22.2 Å². The average molecular weight is 505 g/mol. The van der Waals surface area contributed by atoms with Crippen molar-refractivity contribution in [3.63, 3.8) is 0 Å². The van der Waals surface area contributed by atoms with E-state index in [2.05, 4.69) is 33.2 Å². The van der Waals surface area contributed by atoms with Gasteiger partial charge in [0.1, 0.15) is 5.69 Å². The van der Waals surface area contributed by atoms with E-state index in [1.807, 2.05) is 62.5 Å². The molecule has 0 fully saturated rings. The van der Waals surface area contributed by atoms with Crippen LogP contribution in [-0.4, -0.2) is 25.3 Å². The van der Waals surface area contributed by atoms with E-state index in [9.17, 15) is 9.59 Å². The summed E-state index contributed by atoms with van der Waals surface area (Å²) in [5.41, 5.74) is 7.31. The molecule has 5 aromatic rings. The molecule has 0 amide bonds. The molecule has 6 heteroatoms. The SMILES string of the molecule is Cc1ccc(C)c(-c2cnc(CCCc3ccccc3)c(=O)n2CC(=O)CCc2cc3cnccc3[nH]2)c1. The number of benzene rings is 2. The van der Waals surface area contributed by atoms with Crippen molar-refractivity contribution in [3.05, 3.63) is 118 Å². The second-order valence-corrected chi connectivity index (χ2v) is 9.94. The van der Waals surface area contributed by atoms with Crippen molar-refractivity contribution in [1.82, 2.24) is 19.5 Å². The van der Waals surface area contributed by atoms with Crippen molar-refractivity contribution in [2.75, 3.05) is 0 Å². The summed E-state index contributed by atoms with van der Waals surface area (Å²) in [6.45, 7) is 4.07. The monoisotopic (exact) mass is 504 g/mol. The fourth-order valence-electron chi connectivity index (χ4n) is 4.89. The number of ketones is 1. The van der Waals surface area contributed by atoms with Gasteiger partial charge in [-0.1, -0.05) is 48.0 Å².